The van der Waals surface area contributed by atoms with Gasteiger partial charge in [0.2, 0.25) is 5.91 Å². The molecule has 1 rings (SSSR count). The van der Waals surface area contributed by atoms with Gasteiger partial charge in [-0.25, -0.2) is 0 Å². The SMILES string of the molecule is CC(N)(C(=O)NCCC1CCCCC1)C(F)(F)F. The van der Waals surface area contributed by atoms with Crippen LogP contribution in [-0.4, -0.2) is 24.2 Å². The Kier molecular flexibility index (Phi) is 5.01. The summed E-state index contributed by atoms with van der Waals surface area (Å²) < 4.78 is 37.4. The van der Waals surface area contributed by atoms with Crippen LogP contribution in [0, 0.1) is 5.92 Å². The van der Waals surface area contributed by atoms with Crippen molar-refractivity contribution in [2.45, 2.75) is 57.2 Å². The van der Waals surface area contributed by atoms with Crippen molar-refractivity contribution in [3.05, 3.63) is 0 Å². The quantitative estimate of drug-likeness (QED) is 0.820. The molecule has 6 heteroatoms. The maximum absolute atomic E-state index is 12.5. The van der Waals surface area contributed by atoms with Crippen LogP contribution in [0.25, 0.3) is 0 Å². The zero-order valence-electron chi connectivity index (χ0n) is 10.6. The summed E-state index contributed by atoms with van der Waals surface area (Å²) in [6.07, 6.45) is 1.81. The van der Waals surface area contributed by atoms with Crippen molar-refractivity contribution in [1.29, 1.82) is 0 Å². The normalized spacial score (nSPS) is 21.4. The number of hydrogen-bond donors (Lipinski definition) is 2. The molecule has 1 aliphatic carbocycles. The van der Waals surface area contributed by atoms with Gasteiger partial charge < -0.3 is 11.1 Å². The topological polar surface area (TPSA) is 55.1 Å². The lowest BCUT2D eigenvalue weighted by Crippen LogP contribution is -2.61. The lowest BCUT2D eigenvalue weighted by Gasteiger charge is -2.27. The van der Waals surface area contributed by atoms with Crippen molar-refractivity contribution in [3.63, 3.8) is 0 Å². The number of rotatable bonds is 4. The smallest absolute Gasteiger partial charge is 0.354 e. The van der Waals surface area contributed by atoms with Gasteiger partial charge in [-0.2, -0.15) is 13.2 Å². The maximum Gasteiger partial charge on any atom is 0.415 e. The Morgan fingerprint density at radius 2 is 1.83 bits per heavy atom. The van der Waals surface area contributed by atoms with E-state index in [-0.39, 0.29) is 6.54 Å². The molecule has 1 aliphatic rings. The van der Waals surface area contributed by atoms with E-state index >= 15 is 0 Å². The molecule has 18 heavy (non-hydrogen) atoms. The lowest BCUT2D eigenvalue weighted by molar-refractivity contribution is -0.187. The maximum atomic E-state index is 12.5. The van der Waals surface area contributed by atoms with Gasteiger partial charge >= 0.3 is 6.18 Å². The third-order valence-corrected chi connectivity index (χ3v) is 3.62. The molecule has 0 saturated heterocycles. The summed E-state index contributed by atoms with van der Waals surface area (Å²) in [5.41, 5.74) is 2.21. The summed E-state index contributed by atoms with van der Waals surface area (Å²) in [5.74, 6) is -0.625. The Morgan fingerprint density at radius 3 is 2.33 bits per heavy atom. The van der Waals surface area contributed by atoms with Gasteiger partial charge in [-0.3, -0.25) is 4.79 Å². The molecule has 1 fully saturated rings. The molecular formula is C12H21F3N2O. The van der Waals surface area contributed by atoms with E-state index in [1.807, 2.05) is 0 Å². The number of carbonyl (C=O) groups excluding carboxylic acids is 1. The Morgan fingerprint density at radius 1 is 1.28 bits per heavy atom. The Hall–Kier alpha value is -0.780. The molecule has 1 atom stereocenters. The first kappa shape index (κ1) is 15.3. The minimum atomic E-state index is -4.72. The molecule has 0 aromatic rings. The first-order valence-corrected chi connectivity index (χ1v) is 6.39. The van der Waals surface area contributed by atoms with Crippen molar-refractivity contribution in [2.24, 2.45) is 11.7 Å². The molecule has 106 valence electrons. The third kappa shape index (κ3) is 3.86. The zero-order chi connectivity index (χ0) is 13.8. The first-order chi connectivity index (χ1) is 8.25. The van der Waals surface area contributed by atoms with Crippen molar-refractivity contribution >= 4 is 5.91 Å². The fourth-order valence-electron chi connectivity index (χ4n) is 2.18. The summed E-state index contributed by atoms with van der Waals surface area (Å²) >= 11 is 0. The minimum Gasteiger partial charge on any atom is -0.354 e. The predicted molar refractivity (Wildman–Crippen MR) is 62.8 cm³/mol. The van der Waals surface area contributed by atoms with E-state index in [0.29, 0.717) is 12.8 Å². The van der Waals surface area contributed by atoms with E-state index in [4.69, 9.17) is 5.73 Å². The van der Waals surface area contributed by atoms with Crippen LogP contribution in [0.1, 0.15) is 45.4 Å². The number of carbonyl (C=O) groups is 1. The van der Waals surface area contributed by atoms with E-state index in [2.05, 4.69) is 5.32 Å². The van der Waals surface area contributed by atoms with Crippen molar-refractivity contribution in [1.82, 2.24) is 5.32 Å². The van der Waals surface area contributed by atoms with Crippen LogP contribution in [0.3, 0.4) is 0 Å². The molecule has 0 radical (unpaired) electrons. The van der Waals surface area contributed by atoms with Crippen LogP contribution in [0.5, 0.6) is 0 Å². The van der Waals surface area contributed by atoms with Crippen LogP contribution in [0.2, 0.25) is 0 Å². The fourth-order valence-corrected chi connectivity index (χ4v) is 2.18. The van der Waals surface area contributed by atoms with Gasteiger partial charge in [0.15, 0.2) is 5.54 Å². The summed E-state index contributed by atoms with van der Waals surface area (Å²) in [4.78, 5) is 11.4. The minimum absolute atomic E-state index is 0.270. The van der Waals surface area contributed by atoms with Gasteiger partial charge in [0.1, 0.15) is 0 Å². The summed E-state index contributed by atoms with van der Waals surface area (Å²) in [7, 11) is 0. The van der Waals surface area contributed by atoms with E-state index < -0.39 is 17.6 Å². The lowest BCUT2D eigenvalue weighted by atomic mass is 9.87. The highest BCUT2D eigenvalue weighted by Crippen LogP contribution is 2.28. The second kappa shape index (κ2) is 5.91. The molecule has 0 bridgehead atoms. The molecule has 1 unspecified atom stereocenters. The van der Waals surface area contributed by atoms with Crippen molar-refractivity contribution < 1.29 is 18.0 Å². The largest absolute Gasteiger partial charge is 0.415 e. The predicted octanol–water partition coefficient (Wildman–Crippen LogP) is 2.35. The zero-order valence-corrected chi connectivity index (χ0v) is 10.6. The van der Waals surface area contributed by atoms with Crippen LogP contribution in [-0.2, 0) is 4.79 Å². The van der Waals surface area contributed by atoms with E-state index in [1.54, 1.807) is 0 Å². The molecule has 0 aromatic carbocycles. The van der Waals surface area contributed by atoms with Gasteiger partial charge in [-0.1, -0.05) is 32.1 Å². The number of halogens is 3. The monoisotopic (exact) mass is 266 g/mol. The first-order valence-electron chi connectivity index (χ1n) is 6.39. The summed E-state index contributed by atoms with van der Waals surface area (Å²) in [6.45, 7) is 0.968. The molecule has 3 nitrogen and oxygen atoms in total. The second-order valence-corrected chi connectivity index (χ2v) is 5.25. The van der Waals surface area contributed by atoms with Crippen molar-refractivity contribution in [2.75, 3.05) is 6.54 Å². The molecule has 0 aromatic heterocycles. The highest BCUT2D eigenvalue weighted by Gasteiger charge is 2.53. The van der Waals surface area contributed by atoms with Gasteiger partial charge in [0.25, 0.3) is 0 Å². The fraction of sp³-hybridized carbons (Fsp3) is 0.917. The highest BCUT2D eigenvalue weighted by atomic mass is 19.4. The van der Waals surface area contributed by atoms with Crippen LogP contribution in [0.4, 0.5) is 13.2 Å². The number of nitrogens with two attached hydrogens (primary N) is 1. The van der Waals surface area contributed by atoms with E-state index in [0.717, 1.165) is 19.3 Å². The van der Waals surface area contributed by atoms with Gasteiger partial charge in [-0.05, 0) is 19.3 Å². The van der Waals surface area contributed by atoms with Crippen LogP contribution in [0.15, 0.2) is 0 Å². The number of alkyl halides is 3. The third-order valence-electron chi connectivity index (χ3n) is 3.62. The number of amides is 1. The average Bonchev–Trinajstić information content (AvgIpc) is 2.28. The molecule has 0 aliphatic heterocycles. The standard InChI is InChI=1S/C12H21F3N2O/c1-11(16,12(13,14)15)10(18)17-8-7-9-5-3-2-4-6-9/h9H,2-8,16H2,1H3,(H,17,18). The Labute approximate surface area is 105 Å². The van der Waals surface area contributed by atoms with Gasteiger partial charge in [0, 0.05) is 6.54 Å². The molecule has 1 saturated carbocycles. The average molecular weight is 266 g/mol. The molecule has 3 N–H and O–H groups in total. The highest BCUT2D eigenvalue weighted by molar-refractivity contribution is 5.86. The molecule has 0 heterocycles. The molecule has 1 amide bonds. The van der Waals surface area contributed by atoms with Gasteiger partial charge in [-0.15, -0.1) is 0 Å². The van der Waals surface area contributed by atoms with Gasteiger partial charge in [0.05, 0.1) is 0 Å². The summed E-state index contributed by atoms with van der Waals surface area (Å²) in [5, 5.41) is 2.29. The number of hydrogen-bond acceptors (Lipinski definition) is 2. The van der Waals surface area contributed by atoms with Crippen LogP contribution < -0.4 is 11.1 Å². The summed E-state index contributed by atoms with van der Waals surface area (Å²) in [6, 6.07) is 0. The second-order valence-electron chi connectivity index (χ2n) is 5.25. The van der Waals surface area contributed by atoms with Crippen molar-refractivity contribution in [3.8, 4) is 0 Å². The van der Waals surface area contributed by atoms with Crippen LogP contribution >= 0.6 is 0 Å². The number of nitrogens with one attached hydrogen (secondary N) is 1. The Bertz CT molecular complexity index is 284. The molecule has 0 spiro atoms. The van der Waals surface area contributed by atoms with E-state index in [9.17, 15) is 18.0 Å². The molecular weight excluding hydrogens is 245 g/mol. The van der Waals surface area contributed by atoms with E-state index in [1.165, 1.54) is 19.3 Å². The Balaban J connectivity index is 2.32.